The summed E-state index contributed by atoms with van der Waals surface area (Å²) in [7, 11) is 0. The number of halogens is 1. The van der Waals surface area contributed by atoms with Gasteiger partial charge in [0.2, 0.25) is 5.89 Å². The first-order valence-electron chi connectivity index (χ1n) is 7.86. The monoisotopic (exact) mass is 417 g/mol. The van der Waals surface area contributed by atoms with Crippen LogP contribution in [-0.4, -0.2) is 29.7 Å². The minimum atomic E-state index is -2.48. The van der Waals surface area contributed by atoms with Crippen molar-refractivity contribution < 1.29 is 22.4 Å². The van der Waals surface area contributed by atoms with E-state index in [2.05, 4.69) is 19.9 Å². The molecule has 0 saturated carbocycles. The van der Waals surface area contributed by atoms with Gasteiger partial charge < -0.3 is 8.97 Å². The van der Waals surface area contributed by atoms with Crippen molar-refractivity contribution in [1.82, 2.24) is 19.9 Å². The summed E-state index contributed by atoms with van der Waals surface area (Å²) in [6.45, 7) is -0.211. The maximum atomic E-state index is 13.1. The Bertz CT molecular complexity index is 1190. The third-order valence-electron chi connectivity index (χ3n) is 3.76. The van der Waals surface area contributed by atoms with Crippen LogP contribution in [-0.2, 0) is 17.8 Å². The van der Waals surface area contributed by atoms with Crippen molar-refractivity contribution in [3.63, 3.8) is 0 Å². The van der Waals surface area contributed by atoms with Gasteiger partial charge in [0.05, 0.1) is 16.8 Å². The second kappa shape index (κ2) is 7.64. The lowest BCUT2D eigenvalue weighted by Crippen LogP contribution is -2.15. The summed E-state index contributed by atoms with van der Waals surface area (Å²) in [4.78, 5) is 16.8. The molecule has 0 spiro atoms. The van der Waals surface area contributed by atoms with Crippen LogP contribution in [0.2, 0.25) is 0 Å². The fourth-order valence-electron chi connectivity index (χ4n) is 2.47. The van der Waals surface area contributed by atoms with Gasteiger partial charge in [0.15, 0.2) is 5.01 Å². The van der Waals surface area contributed by atoms with Gasteiger partial charge in [0.25, 0.3) is 11.7 Å². The van der Waals surface area contributed by atoms with Crippen LogP contribution >= 0.6 is 11.3 Å². The van der Waals surface area contributed by atoms with Crippen LogP contribution in [0.3, 0.4) is 0 Å². The van der Waals surface area contributed by atoms with Gasteiger partial charge in [-0.15, -0.1) is 21.5 Å². The number of hydrogen-bond acceptors (Lipinski definition) is 8. The Labute approximate surface area is 163 Å². The number of hydrogen-bond donors (Lipinski definition) is 1. The van der Waals surface area contributed by atoms with Crippen molar-refractivity contribution in [2.75, 3.05) is 0 Å². The topological polar surface area (TPSA) is 121 Å². The highest BCUT2D eigenvalue weighted by Gasteiger charge is 2.21. The lowest BCUT2D eigenvalue weighted by molar-refractivity contribution is 0.100. The predicted molar refractivity (Wildman–Crippen MR) is 98.5 cm³/mol. The predicted octanol–water partition coefficient (Wildman–Crippen LogP) is 2.60. The van der Waals surface area contributed by atoms with Gasteiger partial charge in [-0.05, 0) is 35.4 Å². The molecular weight excluding hydrogens is 407 g/mol. The summed E-state index contributed by atoms with van der Waals surface area (Å²) in [6.07, 6.45) is 0. The number of ketones is 1. The standard InChI is InChI=1S/C17H11FN4O4S2/c18-11-4-1-9(2-5-11)10-3-6-12-13(7-10)27-17(20-12)15(23)16-22-21-14(26-16)8-19-28(24)25/h1-7,19H,8H2,(H,24,25)/p-1. The first-order chi connectivity index (χ1) is 13.5. The maximum absolute atomic E-state index is 13.1. The Hall–Kier alpha value is -2.86. The Morgan fingerprint density at radius 3 is 2.68 bits per heavy atom. The van der Waals surface area contributed by atoms with Gasteiger partial charge in [-0.25, -0.2) is 14.1 Å². The molecule has 2 aromatic heterocycles. The van der Waals surface area contributed by atoms with Crippen LogP contribution in [0, 0.1) is 5.82 Å². The maximum Gasteiger partial charge on any atom is 0.291 e. The van der Waals surface area contributed by atoms with Crippen molar-refractivity contribution in [3.05, 3.63) is 65.1 Å². The highest BCUT2D eigenvalue weighted by atomic mass is 32.2. The molecule has 0 amide bonds. The SMILES string of the molecule is O=C(c1nnc(CNS(=O)[O-])o1)c1nc2ccc(-c3ccc(F)cc3)cc2s1. The average Bonchev–Trinajstić information content (AvgIpc) is 3.33. The normalized spacial score (nSPS) is 12.4. The molecule has 1 unspecified atom stereocenters. The fourth-order valence-corrected chi connectivity index (χ4v) is 3.65. The van der Waals surface area contributed by atoms with Gasteiger partial charge in [-0.2, -0.15) is 0 Å². The van der Waals surface area contributed by atoms with Crippen LogP contribution in [0.5, 0.6) is 0 Å². The molecule has 0 aliphatic carbocycles. The van der Waals surface area contributed by atoms with Gasteiger partial charge in [0.1, 0.15) is 5.82 Å². The van der Waals surface area contributed by atoms with E-state index in [1.54, 1.807) is 18.2 Å². The highest BCUT2D eigenvalue weighted by Crippen LogP contribution is 2.29. The Kier molecular flexibility index (Phi) is 5.05. The van der Waals surface area contributed by atoms with Gasteiger partial charge in [0, 0.05) is 11.3 Å². The molecule has 0 radical (unpaired) electrons. The molecule has 0 fully saturated rings. The number of rotatable bonds is 6. The Balaban J connectivity index is 1.60. The molecule has 0 aliphatic heterocycles. The zero-order valence-electron chi connectivity index (χ0n) is 13.9. The zero-order valence-corrected chi connectivity index (χ0v) is 15.6. The number of aromatic nitrogens is 3. The lowest BCUT2D eigenvalue weighted by atomic mass is 10.1. The van der Waals surface area contributed by atoms with E-state index in [1.165, 1.54) is 12.1 Å². The van der Waals surface area contributed by atoms with Crippen molar-refractivity contribution in [2.24, 2.45) is 0 Å². The molecule has 142 valence electrons. The molecule has 1 atom stereocenters. The smallest absolute Gasteiger partial charge is 0.291 e. The fraction of sp³-hybridized carbons (Fsp3) is 0.0588. The molecular formula is C17H10FN4O4S2-. The second-order valence-electron chi connectivity index (χ2n) is 5.59. The Morgan fingerprint density at radius 2 is 1.93 bits per heavy atom. The van der Waals surface area contributed by atoms with Crippen molar-refractivity contribution in [3.8, 4) is 11.1 Å². The van der Waals surface area contributed by atoms with E-state index in [0.717, 1.165) is 27.2 Å². The summed E-state index contributed by atoms with van der Waals surface area (Å²) in [5, 5.41) is 7.43. The number of carbonyl (C=O) groups is 1. The van der Waals surface area contributed by atoms with E-state index in [-0.39, 0.29) is 29.2 Å². The second-order valence-corrected chi connectivity index (χ2v) is 7.38. The van der Waals surface area contributed by atoms with E-state index >= 15 is 0 Å². The van der Waals surface area contributed by atoms with E-state index in [4.69, 9.17) is 4.42 Å². The molecule has 11 heteroatoms. The van der Waals surface area contributed by atoms with Gasteiger partial charge in [-0.1, -0.05) is 18.2 Å². The molecule has 2 heterocycles. The van der Waals surface area contributed by atoms with Crippen LogP contribution in [0.1, 0.15) is 21.6 Å². The van der Waals surface area contributed by atoms with Gasteiger partial charge in [-0.3, -0.25) is 9.00 Å². The first kappa shape index (κ1) is 18.5. The number of nitrogens with one attached hydrogen (secondary N) is 1. The molecule has 1 N–H and O–H groups in total. The molecule has 0 bridgehead atoms. The van der Waals surface area contributed by atoms with Crippen molar-refractivity contribution in [2.45, 2.75) is 6.54 Å². The third kappa shape index (κ3) is 3.87. The lowest BCUT2D eigenvalue weighted by Gasteiger charge is -2.02. The van der Waals surface area contributed by atoms with Crippen molar-refractivity contribution in [1.29, 1.82) is 0 Å². The average molecular weight is 417 g/mol. The molecule has 2 aromatic carbocycles. The van der Waals surface area contributed by atoms with E-state index in [9.17, 15) is 17.9 Å². The summed E-state index contributed by atoms with van der Waals surface area (Å²) < 4.78 is 42.1. The first-order valence-corrected chi connectivity index (χ1v) is 9.75. The number of thiazole rings is 1. The minimum absolute atomic E-state index is 0.0349. The zero-order chi connectivity index (χ0) is 19.7. The summed E-state index contributed by atoms with van der Waals surface area (Å²) >= 11 is -1.31. The van der Waals surface area contributed by atoms with Crippen LogP contribution < -0.4 is 4.72 Å². The quantitative estimate of drug-likeness (QED) is 0.378. The van der Waals surface area contributed by atoms with Crippen LogP contribution in [0.15, 0.2) is 46.9 Å². The molecule has 0 aliphatic rings. The molecule has 4 aromatic rings. The van der Waals surface area contributed by atoms with E-state index in [1.807, 2.05) is 12.1 Å². The Morgan fingerprint density at radius 1 is 1.18 bits per heavy atom. The number of fused-ring (bicyclic) bond motifs is 1. The summed E-state index contributed by atoms with van der Waals surface area (Å²) in [5.74, 6) is -1.17. The van der Waals surface area contributed by atoms with E-state index in [0.29, 0.717) is 5.52 Å². The van der Waals surface area contributed by atoms with Crippen LogP contribution in [0.4, 0.5) is 4.39 Å². The number of carbonyl (C=O) groups excluding carboxylic acids is 1. The van der Waals surface area contributed by atoms with Gasteiger partial charge >= 0.3 is 0 Å². The molecule has 4 rings (SSSR count). The van der Waals surface area contributed by atoms with E-state index < -0.39 is 17.0 Å². The molecule has 0 saturated heterocycles. The highest BCUT2D eigenvalue weighted by molar-refractivity contribution is 7.77. The van der Waals surface area contributed by atoms with Crippen molar-refractivity contribution >= 4 is 38.6 Å². The minimum Gasteiger partial charge on any atom is -0.760 e. The number of benzene rings is 2. The summed E-state index contributed by atoms with van der Waals surface area (Å²) in [5.41, 5.74) is 2.34. The molecule has 28 heavy (non-hydrogen) atoms. The largest absolute Gasteiger partial charge is 0.760 e. The number of nitrogens with zero attached hydrogens (tertiary/aromatic N) is 3. The summed E-state index contributed by atoms with van der Waals surface area (Å²) in [6, 6.07) is 11.6. The van der Waals surface area contributed by atoms with Crippen LogP contribution in [0.25, 0.3) is 21.3 Å². The third-order valence-corrected chi connectivity index (χ3v) is 5.16. The molecule has 8 nitrogen and oxygen atoms in total.